The number of rotatable bonds is 4. The number of urea groups is 1. The number of anilines is 2. The maximum absolute atomic E-state index is 12.8. The molecule has 1 aromatic heterocycles. The third-order valence-electron chi connectivity index (χ3n) is 4.22. The number of ether oxygens (including phenoxy) is 1. The van der Waals surface area contributed by atoms with Crippen LogP contribution in [0.15, 0.2) is 36.7 Å². The molecule has 1 saturated heterocycles. The number of aromatic nitrogens is 2. The molecule has 1 atom stereocenters. The number of hydrogen-bond acceptors (Lipinski definition) is 5. The van der Waals surface area contributed by atoms with E-state index in [4.69, 9.17) is 4.74 Å². The van der Waals surface area contributed by atoms with Crippen LogP contribution in [0.2, 0.25) is 0 Å². The van der Waals surface area contributed by atoms with Gasteiger partial charge in [-0.1, -0.05) is 6.07 Å². The fourth-order valence-corrected chi connectivity index (χ4v) is 2.77. The number of nitrogens with zero attached hydrogens (tertiary/aromatic N) is 4. The van der Waals surface area contributed by atoms with Gasteiger partial charge in [-0.15, -0.1) is 0 Å². The van der Waals surface area contributed by atoms with E-state index >= 15 is 0 Å². The molecule has 28 heavy (non-hydrogen) atoms. The van der Waals surface area contributed by atoms with Crippen molar-refractivity contribution in [1.82, 2.24) is 14.9 Å². The van der Waals surface area contributed by atoms with E-state index in [-0.39, 0.29) is 11.8 Å². The lowest BCUT2D eigenvalue weighted by atomic mass is 10.2. The van der Waals surface area contributed by atoms with Gasteiger partial charge in [0.25, 0.3) is 0 Å². The van der Waals surface area contributed by atoms with E-state index in [2.05, 4.69) is 15.3 Å². The van der Waals surface area contributed by atoms with Crippen molar-refractivity contribution in [2.24, 2.45) is 0 Å². The van der Waals surface area contributed by atoms with Gasteiger partial charge in [0, 0.05) is 32.7 Å². The Labute approximate surface area is 160 Å². The summed E-state index contributed by atoms with van der Waals surface area (Å²) in [5.74, 6) is 1.01. The number of alkyl halides is 3. The number of likely N-dealkylation sites (tertiary alicyclic amines) is 1. The standard InChI is InChI=1S/C18H20F3N5O2/c1-25(2)15-9-22-10-16(24-15)28-14-6-7-26(11-14)17(27)23-13-5-3-4-12(8-13)18(19,20)21/h3-5,8-10,14H,6-7,11H2,1-2H3,(H,23,27). The fraction of sp³-hybridized carbons (Fsp3) is 0.389. The second-order valence-corrected chi connectivity index (χ2v) is 6.59. The first-order valence-corrected chi connectivity index (χ1v) is 8.61. The zero-order valence-corrected chi connectivity index (χ0v) is 15.4. The highest BCUT2D eigenvalue weighted by molar-refractivity contribution is 5.89. The summed E-state index contributed by atoms with van der Waals surface area (Å²) in [6.45, 7) is 0.731. The van der Waals surface area contributed by atoms with Gasteiger partial charge in [0.1, 0.15) is 6.10 Å². The van der Waals surface area contributed by atoms with E-state index in [1.807, 2.05) is 14.1 Å². The predicted molar refractivity (Wildman–Crippen MR) is 97.4 cm³/mol. The van der Waals surface area contributed by atoms with E-state index in [9.17, 15) is 18.0 Å². The Morgan fingerprint density at radius 2 is 2.11 bits per heavy atom. The lowest BCUT2D eigenvalue weighted by molar-refractivity contribution is -0.137. The molecule has 0 aliphatic carbocycles. The van der Waals surface area contributed by atoms with E-state index < -0.39 is 17.8 Å². The van der Waals surface area contributed by atoms with Crippen molar-refractivity contribution < 1.29 is 22.7 Å². The van der Waals surface area contributed by atoms with Crippen LogP contribution in [0.3, 0.4) is 0 Å². The summed E-state index contributed by atoms with van der Waals surface area (Å²) in [6, 6.07) is 4.06. The molecule has 0 bridgehead atoms. The van der Waals surface area contributed by atoms with Gasteiger partial charge >= 0.3 is 12.2 Å². The summed E-state index contributed by atoms with van der Waals surface area (Å²) in [7, 11) is 3.67. The van der Waals surface area contributed by atoms with Crippen molar-refractivity contribution in [2.75, 3.05) is 37.4 Å². The van der Waals surface area contributed by atoms with Gasteiger partial charge in [-0.2, -0.15) is 18.2 Å². The molecule has 7 nitrogen and oxygen atoms in total. The van der Waals surface area contributed by atoms with Crippen molar-refractivity contribution in [3.63, 3.8) is 0 Å². The first-order valence-electron chi connectivity index (χ1n) is 8.61. The molecule has 0 spiro atoms. The molecular weight excluding hydrogens is 375 g/mol. The highest BCUT2D eigenvalue weighted by Crippen LogP contribution is 2.30. The number of benzene rings is 1. The summed E-state index contributed by atoms with van der Waals surface area (Å²) in [4.78, 5) is 24.0. The SMILES string of the molecule is CN(C)c1cncc(OC2CCN(C(=O)Nc3cccc(C(F)(F)F)c3)C2)n1. The van der Waals surface area contributed by atoms with E-state index in [0.717, 1.165) is 12.1 Å². The monoisotopic (exact) mass is 395 g/mol. The number of amides is 2. The average molecular weight is 395 g/mol. The molecule has 1 aliphatic heterocycles. The lowest BCUT2D eigenvalue weighted by Gasteiger charge is -2.18. The smallest absolute Gasteiger partial charge is 0.416 e. The van der Waals surface area contributed by atoms with Crippen LogP contribution in [0.4, 0.5) is 29.5 Å². The third kappa shape index (κ3) is 4.81. The Balaban J connectivity index is 1.58. The van der Waals surface area contributed by atoms with Crippen LogP contribution in [0, 0.1) is 0 Å². The molecule has 1 N–H and O–H groups in total. The molecule has 2 heterocycles. The summed E-state index contributed by atoms with van der Waals surface area (Å²) < 4.78 is 44.2. The Morgan fingerprint density at radius 1 is 1.32 bits per heavy atom. The molecule has 2 amide bonds. The molecular formula is C18H20F3N5O2. The number of carbonyl (C=O) groups excluding carboxylic acids is 1. The van der Waals surface area contributed by atoms with Gasteiger partial charge in [-0.05, 0) is 18.2 Å². The van der Waals surface area contributed by atoms with Crippen LogP contribution >= 0.6 is 0 Å². The van der Waals surface area contributed by atoms with Crippen LogP contribution < -0.4 is 15.0 Å². The molecule has 10 heteroatoms. The average Bonchev–Trinajstić information content (AvgIpc) is 3.10. The van der Waals surface area contributed by atoms with Crippen LogP contribution in [0.1, 0.15) is 12.0 Å². The Kier molecular flexibility index (Phi) is 5.57. The van der Waals surface area contributed by atoms with Crippen LogP contribution in [-0.2, 0) is 6.18 Å². The van der Waals surface area contributed by atoms with Crippen LogP contribution in [-0.4, -0.2) is 54.2 Å². The van der Waals surface area contributed by atoms with E-state index in [1.54, 1.807) is 11.1 Å². The molecule has 3 rings (SSSR count). The van der Waals surface area contributed by atoms with Gasteiger partial charge < -0.3 is 19.9 Å². The first-order chi connectivity index (χ1) is 13.2. The molecule has 1 fully saturated rings. The largest absolute Gasteiger partial charge is 0.471 e. The van der Waals surface area contributed by atoms with E-state index in [0.29, 0.717) is 31.2 Å². The van der Waals surface area contributed by atoms with Crippen molar-refractivity contribution in [1.29, 1.82) is 0 Å². The molecule has 1 aromatic carbocycles. The number of hydrogen-bond donors (Lipinski definition) is 1. The zero-order chi connectivity index (χ0) is 20.3. The van der Waals surface area contributed by atoms with Gasteiger partial charge in [0.05, 0.1) is 24.5 Å². The Morgan fingerprint density at radius 3 is 2.82 bits per heavy atom. The number of nitrogens with one attached hydrogen (secondary N) is 1. The van der Waals surface area contributed by atoms with Crippen molar-refractivity contribution >= 4 is 17.5 Å². The minimum Gasteiger partial charge on any atom is -0.471 e. The summed E-state index contributed by atoms with van der Waals surface area (Å²) in [5, 5.41) is 2.50. The minimum atomic E-state index is -4.46. The van der Waals surface area contributed by atoms with Gasteiger partial charge in [-0.25, -0.2) is 4.79 Å². The van der Waals surface area contributed by atoms with Crippen molar-refractivity contribution in [3.8, 4) is 5.88 Å². The maximum atomic E-state index is 12.8. The summed E-state index contributed by atoms with van der Waals surface area (Å²) in [6.07, 6.45) is -1.03. The fourth-order valence-electron chi connectivity index (χ4n) is 2.77. The van der Waals surface area contributed by atoms with Gasteiger partial charge in [0.15, 0.2) is 5.82 Å². The molecule has 0 saturated carbocycles. The maximum Gasteiger partial charge on any atom is 0.416 e. The van der Waals surface area contributed by atoms with E-state index in [1.165, 1.54) is 23.2 Å². The zero-order valence-electron chi connectivity index (χ0n) is 15.4. The molecule has 1 unspecified atom stereocenters. The molecule has 2 aromatic rings. The van der Waals surface area contributed by atoms with Crippen LogP contribution in [0.5, 0.6) is 5.88 Å². The third-order valence-corrected chi connectivity index (χ3v) is 4.22. The quantitative estimate of drug-likeness (QED) is 0.861. The van der Waals surface area contributed by atoms with Crippen molar-refractivity contribution in [2.45, 2.75) is 18.7 Å². The molecule has 0 radical (unpaired) electrons. The predicted octanol–water partition coefficient (Wildman–Crippen LogP) is 3.25. The second-order valence-electron chi connectivity index (χ2n) is 6.59. The Bertz CT molecular complexity index is 844. The normalized spacial score (nSPS) is 16.8. The highest BCUT2D eigenvalue weighted by atomic mass is 19.4. The highest BCUT2D eigenvalue weighted by Gasteiger charge is 2.31. The topological polar surface area (TPSA) is 70.6 Å². The number of carbonyl (C=O) groups is 1. The first kappa shape index (κ1) is 19.7. The van der Waals surface area contributed by atoms with Crippen molar-refractivity contribution in [3.05, 3.63) is 42.2 Å². The summed E-state index contributed by atoms with van der Waals surface area (Å²) in [5.41, 5.74) is -0.721. The number of halogens is 3. The second kappa shape index (κ2) is 7.91. The van der Waals surface area contributed by atoms with Crippen LogP contribution in [0.25, 0.3) is 0 Å². The lowest BCUT2D eigenvalue weighted by Crippen LogP contribution is -2.34. The van der Waals surface area contributed by atoms with Gasteiger partial charge in [-0.3, -0.25) is 4.98 Å². The minimum absolute atomic E-state index is 0.0914. The summed E-state index contributed by atoms with van der Waals surface area (Å²) >= 11 is 0. The van der Waals surface area contributed by atoms with Gasteiger partial charge in [0.2, 0.25) is 5.88 Å². The molecule has 150 valence electrons. The molecule has 1 aliphatic rings. The Hall–Kier alpha value is -3.04.